The van der Waals surface area contributed by atoms with E-state index < -0.39 is 29.5 Å². The molecular formula is C30H28F3N3O5S. The van der Waals surface area contributed by atoms with Crippen molar-refractivity contribution in [2.45, 2.75) is 24.4 Å². The third kappa shape index (κ3) is 7.12. The minimum absolute atomic E-state index is 0.0672. The van der Waals surface area contributed by atoms with Crippen LogP contribution in [0, 0.1) is 6.92 Å². The van der Waals surface area contributed by atoms with E-state index in [9.17, 15) is 27.6 Å². The van der Waals surface area contributed by atoms with Gasteiger partial charge in [-0.25, -0.2) is 0 Å². The van der Waals surface area contributed by atoms with Crippen molar-refractivity contribution in [3.8, 4) is 5.75 Å². The van der Waals surface area contributed by atoms with Crippen LogP contribution in [-0.2, 0) is 20.5 Å². The molecule has 0 saturated heterocycles. The number of carbonyl (C=O) groups excluding carboxylic acids is 3. The molecule has 0 fully saturated rings. The summed E-state index contributed by atoms with van der Waals surface area (Å²) in [4.78, 5) is 41.3. The van der Waals surface area contributed by atoms with Crippen molar-refractivity contribution < 1.29 is 37.0 Å². The van der Waals surface area contributed by atoms with Gasteiger partial charge >= 0.3 is 6.18 Å². The number of aryl methyl sites for hydroxylation is 1. The van der Waals surface area contributed by atoms with Crippen LogP contribution in [0.1, 0.15) is 27.9 Å². The summed E-state index contributed by atoms with van der Waals surface area (Å²) < 4.78 is 48.9. The van der Waals surface area contributed by atoms with Crippen molar-refractivity contribution in [1.29, 1.82) is 0 Å². The van der Waals surface area contributed by atoms with Crippen molar-refractivity contribution in [1.82, 2.24) is 4.90 Å². The van der Waals surface area contributed by atoms with Gasteiger partial charge in [0, 0.05) is 36.4 Å². The number of methoxy groups -OCH3 is 2. The number of hydrogen-bond donors (Lipinski definition) is 2. The van der Waals surface area contributed by atoms with Gasteiger partial charge < -0.3 is 20.1 Å². The van der Waals surface area contributed by atoms with Gasteiger partial charge in [-0.15, -0.1) is 0 Å². The minimum atomic E-state index is -4.49. The Kier molecular flexibility index (Phi) is 9.59. The van der Waals surface area contributed by atoms with E-state index in [1.54, 1.807) is 37.4 Å². The topological polar surface area (TPSA) is 97.0 Å². The van der Waals surface area contributed by atoms with Crippen LogP contribution in [-0.4, -0.2) is 50.0 Å². The number of ether oxygens (including phenoxy) is 2. The zero-order chi connectivity index (χ0) is 30.4. The summed E-state index contributed by atoms with van der Waals surface area (Å²) in [5.41, 5.74) is 1.20. The Morgan fingerprint density at radius 3 is 2.26 bits per heavy atom. The zero-order valence-corrected chi connectivity index (χ0v) is 23.8. The Balaban J connectivity index is 1.54. The van der Waals surface area contributed by atoms with E-state index in [0.29, 0.717) is 35.0 Å². The molecule has 1 heterocycles. The van der Waals surface area contributed by atoms with Crippen LogP contribution < -0.4 is 15.4 Å². The summed E-state index contributed by atoms with van der Waals surface area (Å²) in [6.45, 7) is 2.46. The molecule has 4 rings (SSSR count). The van der Waals surface area contributed by atoms with Gasteiger partial charge in [0.1, 0.15) is 16.4 Å². The zero-order valence-electron chi connectivity index (χ0n) is 23.0. The first-order valence-electron chi connectivity index (χ1n) is 12.8. The van der Waals surface area contributed by atoms with Gasteiger partial charge in [-0.2, -0.15) is 13.2 Å². The molecule has 0 aromatic heterocycles. The van der Waals surface area contributed by atoms with Gasteiger partial charge in [0.2, 0.25) is 0 Å². The molecule has 42 heavy (non-hydrogen) atoms. The molecule has 8 nitrogen and oxygen atoms in total. The summed E-state index contributed by atoms with van der Waals surface area (Å²) in [6.07, 6.45) is -4.02. The highest BCUT2D eigenvalue weighted by Gasteiger charge is 2.39. The van der Waals surface area contributed by atoms with Crippen LogP contribution in [0.25, 0.3) is 0 Å². The first kappa shape index (κ1) is 30.7. The van der Waals surface area contributed by atoms with Crippen molar-refractivity contribution in [3.63, 3.8) is 0 Å². The van der Waals surface area contributed by atoms with Crippen LogP contribution in [0.15, 0.2) is 82.2 Å². The number of nitrogens with one attached hydrogen (secondary N) is 2. The number of halogens is 3. The van der Waals surface area contributed by atoms with Gasteiger partial charge in [0.15, 0.2) is 0 Å². The Bertz CT molecular complexity index is 1510. The third-order valence-electron chi connectivity index (χ3n) is 6.28. The molecule has 1 aliphatic rings. The number of thioether (sulfide) groups is 1. The van der Waals surface area contributed by atoms with E-state index in [4.69, 9.17) is 9.47 Å². The number of alkyl halides is 3. The third-order valence-corrected chi connectivity index (χ3v) is 7.37. The second-order valence-electron chi connectivity index (χ2n) is 9.30. The van der Waals surface area contributed by atoms with E-state index in [2.05, 4.69) is 10.6 Å². The number of nitrogens with zero attached hydrogens (tertiary/aromatic N) is 1. The van der Waals surface area contributed by atoms with Gasteiger partial charge in [0.25, 0.3) is 17.7 Å². The van der Waals surface area contributed by atoms with Crippen LogP contribution in [0.4, 0.5) is 24.5 Å². The van der Waals surface area contributed by atoms with Crippen molar-refractivity contribution >= 4 is 40.9 Å². The number of benzene rings is 3. The average molecular weight is 600 g/mol. The number of amides is 3. The highest BCUT2D eigenvalue weighted by Crippen LogP contribution is 2.38. The second kappa shape index (κ2) is 13.1. The number of imide groups is 1. The van der Waals surface area contributed by atoms with Crippen LogP contribution in [0.3, 0.4) is 0 Å². The van der Waals surface area contributed by atoms with E-state index in [1.165, 1.54) is 12.0 Å². The summed E-state index contributed by atoms with van der Waals surface area (Å²) in [5, 5.41) is 5.74. The average Bonchev–Trinajstić information content (AvgIpc) is 3.17. The van der Waals surface area contributed by atoms with E-state index in [1.807, 2.05) is 19.1 Å². The highest BCUT2D eigenvalue weighted by atomic mass is 32.2. The van der Waals surface area contributed by atoms with Crippen molar-refractivity contribution in [2.24, 2.45) is 0 Å². The summed E-state index contributed by atoms with van der Waals surface area (Å²) in [6, 6.07) is 15.9. The molecule has 3 amide bonds. The lowest BCUT2D eigenvalue weighted by atomic mass is 10.1. The molecule has 0 aliphatic carbocycles. The Morgan fingerprint density at radius 2 is 1.64 bits per heavy atom. The normalized spacial score (nSPS) is 13.5. The molecule has 0 bridgehead atoms. The molecule has 3 aromatic carbocycles. The maximum absolute atomic E-state index is 13.4. The fourth-order valence-corrected chi connectivity index (χ4v) is 5.07. The Morgan fingerprint density at radius 1 is 0.952 bits per heavy atom. The standard InChI is InChI=1S/C30H28F3N3O5S/c1-18-5-14-24(41-3)23(17-18)35-25-26(29(39)36(28(25)38)15-4-16-40-2)42-22-12-10-21(11-13-22)34-27(37)19-6-8-20(9-7-19)30(31,32)33/h5-14,17,35H,4,15-16H2,1-3H3,(H,34,37). The molecule has 0 atom stereocenters. The maximum Gasteiger partial charge on any atom is 0.416 e. The van der Waals surface area contributed by atoms with E-state index in [-0.39, 0.29) is 22.7 Å². The molecule has 1 aliphatic heterocycles. The highest BCUT2D eigenvalue weighted by molar-refractivity contribution is 8.04. The molecule has 2 N–H and O–H groups in total. The molecule has 0 spiro atoms. The molecule has 0 unspecified atom stereocenters. The Labute approximate surface area is 244 Å². The minimum Gasteiger partial charge on any atom is -0.495 e. The first-order chi connectivity index (χ1) is 20.0. The van der Waals surface area contributed by atoms with Gasteiger partial charge in [-0.05, 0) is 79.6 Å². The number of rotatable bonds is 11. The van der Waals surface area contributed by atoms with Gasteiger partial charge in [-0.3, -0.25) is 19.3 Å². The predicted octanol–water partition coefficient (Wildman–Crippen LogP) is 6.10. The maximum atomic E-state index is 13.4. The summed E-state index contributed by atoms with van der Waals surface area (Å²) in [5.74, 6) is -0.991. The second-order valence-corrected chi connectivity index (χ2v) is 10.4. The number of hydrogen-bond acceptors (Lipinski definition) is 7. The Hall–Kier alpha value is -4.29. The fraction of sp³-hybridized carbons (Fsp3) is 0.233. The quantitative estimate of drug-likeness (QED) is 0.203. The smallest absolute Gasteiger partial charge is 0.416 e. The van der Waals surface area contributed by atoms with Crippen LogP contribution in [0.2, 0.25) is 0 Å². The fourth-order valence-electron chi connectivity index (χ4n) is 4.12. The number of carbonyl (C=O) groups is 3. The lowest BCUT2D eigenvalue weighted by molar-refractivity contribution is -0.138. The van der Waals surface area contributed by atoms with Crippen molar-refractivity contribution in [3.05, 3.63) is 94.0 Å². The molecule has 220 valence electrons. The van der Waals surface area contributed by atoms with Crippen LogP contribution in [0.5, 0.6) is 5.75 Å². The molecule has 0 radical (unpaired) electrons. The van der Waals surface area contributed by atoms with Crippen molar-refractivity contribution in [2.75, 3.05) is 38.0 Å². The largest absolute Gasteiger partial charge is 0.495 e. The molecule has 3 aromatic rings. The van der Waals surface area contributed by atoms with Gasteiger partial charge in [0.05, 0.1) is 18.4 Å². The lowest BCUT2D eigenvalue weighted by Gasteiger charge is -2.15. The van der Waals surface area contributed by atoms with Gasteiger partial charge in [-0.1, -0.05) is 17.8 Å². The molecular weight excluding hydrogens is 571 g/mol. The first-order valence-corrected chi connectivity index (χ1v) is 13.6. The molecule has 12 heteroatoms. The van der Waals surface area contributed by atoms with Crippen LogP contribution >= 0.6 is 11.8 Å². The number of anilines is 2. The van der Waals surface area contributed by atoms with E-state index in [0.717, 1.165) is 41.6 Å². The monoisotopic (exact) mass is 599 g/mol. The molecule has 0 saturated carbocycles. The van der Waals surface area contributed by atoms with E-state index >= 15 is 0 Å². The lowest BCUT2D eigenvalue weighted by Crippen LogP contribution is -2.33. The summed E-state index contributed by atoms with van der Waals surface area (Å²) in [7, 11) is 3.05. The SMILES string of the molecule is COCCCN1C(=O)C(Nc2cc(C)ccc2OC)=C(Sc2ccc(NC(=O)c3ccc(C(F)(F)F)cc3)cc2)C1=O. The predicted molar refractivity (Wildman–Crippen MR) is 153 cm³/mol. The summed E-state index contributed by atoms with van der Waals surface area (Å²) >= 11 is 1.09.